The van der Waals surface area contributed by atoms with Crippen LogP contribution in [0.3, 0.4) is 0 Å². The van der Waals surface area contributed by atoms with Crippen molar-refractivity contribution in [3.8, 4) is 0 Å². The Bertz CT molecular complexity index is 559. The smallest absolute Gasteiger partial charge is 0.289 e. The van der Waals surface area contributed by atoms with Gasteiger partial charge in [0.25, 0.3) is 0 Å². The number of carbonyl (C=O) groups excluding carboxylic acids is 1. The monoisotopic (exact) mass is 249 g/mol. The van der Waals surface area contributed by atoms with E-state index in [-0.39, 0.29) is 11.1 Å². The minimum absolute atomic E-state index is 0.213. The molecule has 0 fully saturated rings. The van der Waals surface area contributed by atoms with E-state index in [0.717, 1.165) is 6.07 Å². The van der Waals surface area contributed by atoms with E-state index in [0.29, 0.717) is 0 Å². The van der Waals surface area contributed by atoms with Gasteiger partial charge >= 0.3 is 6.18 Å². The molecule has 0 aliphatic carbocycles. The molecule has 1 radical (unpaired) electrons. The summed E-state index contributed by atoms with van der Waals surface area (Å²) in [6, 6.07) is 13.3. The zero-order valence-electron chi connectivity index (χ0n) is 9.16. The van der Waals surface area contributed by atoms with E-state index in [9.17, 15) is 18.0 Å². The predicted octanol–water partition coefficient (Wildman–Crippen LogP) is 3.74. The number of halogens is 3. The molecule has 18 heavy (non-hydrogen) atoms. The van der Waals surface area contributed by atoms with Crippen LogP contribution in [-0.2, 0) is 6.18 Å². The largest absolute Gasteiger partial charge is 0.417 e. The SMILES string of the molecule is O=C(c1cc[c]cc1)c1ccccc1C(F)(F)F. The van der Waals surface area contributed by atoms with Crippen molar-refractivity contribution in [2.24, 2.45) is 0 Å². The molecule has 0 aliphatic heterocycles. The lowest BCUT2D eigenvalue weighted by Crippen LogP contribution is -2.13. The molecule has 0 atom stereocenters. The molecule has 0 N–H and O–H groups in total. The summed E-state index contributed by atoms with van der Waals surface area (Å²) in [5, 5.41) is 0. The number of ketones is 1. The van der Waals surface area contributed by atoms with Crippen LogP contribution in [0, 0.1) is 6.07 Å². The van der Waals surface area contributed by atoms with Crippen LogP contribution in [0.15, 0.2) is 48.5 Å². The van der Waals surface area contributed by atoms with Crippen molar-refractivity contribution in [2.45, 2.75) is 6.18 Å². The topological polar surface area (TPSA) is 17.1 Å². The number of benzene rings is 2. The van der Waals surface area contributed by atoms with Gasteiger partial charge in [-0.2, -0.15) is 13.2 Å². The maximum Gasteiger partial charge on any atom is 0.417 e. The number of carbonyl (C=O) groups is 1. The van der Waals surface area contributed by atoms with Crippen LogP contribution >= 0.6 is 0 Å². The third kappa shape index (κ3) is 2.42. The van der Waals surface area contributed by atoms with Crippen molar-refractivity contribution in [3.63, 3.8) is 0 Å². The van der Waals surface area contributed by atoms with Crippen molar-refractivity contribution in [1.82, 2.24) is 0 Å². The van der Waals surface area contributed by atoms with Crippen LogP contribution in [-0.4, -0.2) is 5.78 Å². The second-order valence-electron chi connectivity index (χ2n) is 3.66. The lowest BCUT2D eigenvalue weighted by molar-refractivity contribution is -0.137. The van der Waals surface area contributed by atoms with Crippen molar-refractivity contribution < 1.29 is 18.0 Å². The fourth-order valence-corrected chi connectivity index (χ4v) is 1.62. The molecular weight excluding hydrogens is 241 g/mol. The molecule has 0 saturated carbocycles. The normalized spacial score (nSPS) is 11.3. The molecule has 1 nitrogen and oxygen atoms in total. The minimum Gasteiger partial charge on any atom is -0.289 e. The molecule has 0 aromatic heterocycles. The molecule has 2 aromatic carbocycles. The van der Waals surface area contributed by atoms with E-state index in [1.54, 1.807) is 0 Å². The van der Waals surface area contributed by atoms with Gasteiger partial charge < -0.3 is 0 Å². The summed E-state index contributed by atoms with van der Waals surface area (Å²) in [6.45, 7) is 0. The van der Waals surface area contributed by atoms with Gasteiger partial charge in [0, 0.05) is 11.1 Å². The lowest BCUT2D eigenvalue weighted by Gasteiger charge is -2.11. The lowest BCUT2D eigenvalue weighted by atomic mass is 9.98. The fraction of sp³-hybridized carbons (Fsp3) is 0.0714. The highest BCUT2D eigenvalue weighted by Crippen LogP contribution is 2.32. The van der Waals surface area contributed by atoms with Gasteiger partial charge in [-0.25, -0.2) is 0 Å². The number of hydrogen-bond acceptors (Lipinski definition) is 1. The molecule has 2 rings (SSSR count). The Morgan fingerprint density at radius 3 is 2.22 bits per heavy atom. The van der Waals surface area contributed by atoms with E-state index < -0.39 is 17.5 Å². The van der Waals surface area contributed by atoms with Gasteiger partial charge in [0.15, 0.2) is 5.78 Å². The summed E-state index contributed by atoms with van der Waals surface area (Å²) >= 11 is 0. The summed E-state index contributed by atoms with van der Waals surface area (Å²) in [4.78, 5) is 12.0. The van der Waals surface area contributed by atoms with Gasteiger partial charge in [0.2, 0.25) is 0 Å². The Morgan fingerprint density at radius 2 is 1.61 bits per heavy atom. The molecule has 0 amide bonds. The van der Waals surface area contributed by atoms with Crippen LogP contribution < -0.4 is 0 Å². The summed E-state index contributed by atoms with van der Waals surface area (Å²) < 4.78 is 38.3. The van der Waals surface area contributed by atoms with Crippen LogP contribution in [0.25, 0.3) is 0 Å². The third-order valence-electron chi connectivity index (χ3n) is 2.46. The standard InChI is InChI=1S/C14H8F3O/c15-14(16,17)12-9-5-4-8-11(12)13(18)10-6-2-1-3-7-10/h2-9H. The maximum atomic E-state index is 12.8. The van der Waals surface area contributed by atoms with E-state index in [1.807, 2.05) is 0 Å². The van der Waals surface area contributed by atoms with E-state index >= 15 is 0 Å². The van der Waals surface area contributed by atoms with Gasteiger partial charge in [-0.15, -0.1) is 0 Å². The highest BCUT2D eigenvalue weighted by atomic mass is 19.4. The van der Waals surface area contributed by atoms with Crippen LogP contribution in [0.1, 0.15) is 21.5 Å². The Hall–Kier alpha value is -2.10. The molecule has 0 unspecified atom stereocenters. The highest BCUT2D eigenvalue weighted by molar-refractivity contribution is 6.09. The molecule has 2 aromatic rings. The van der Waals surface area contributed by atoms with Gasteiger partial charge in [-0.1, -0.05) is 42.5 Å². The van der Waals surface area contributed by atoms with Gasteiger partial charge in [0.05, 0.1) is 5.56 Å². The Balaban J connectivity index is 2.50. The Labute approximate surface area is 102 Å². The second kappa shape index (κ2) is 4.64. The second-order valence-corrected chi connectivity index (χ2v) is 3.66. The van der Waals surface area contributed by atoms with E-state index in [2.05, 4.69) is 6.07 Å². The zero-order chi connectivity index (χ0) is 13.2. The molecule has 0 bridgehead atoms. The molecule has 0 spiro atoms. The average Bonchev–Trinajstić information content (AvgIpc) is 2.38. The molecular formula is C14H8F3O. The Morgan fingerprint density at radius 1 is 1.00 bits per heavy atom. The average molecular weight is 249 g/mol. The third-order valence-corrected chi connectivity index (χ3v) is 2.46. The quantitative estimate of drug-likeness (QED) is 0.741. The minimum atomic E-state index is -4.53. The molecule has 0 aliphatic rings. The molecule has 91 valence electrons. The van der Waals surface area contributed by atoms with Crippen molar-refractivity contribution in [3.05, 3.63) is 71.3 Å². The first-order chi connectivity index (χ1) is 8.50. The first kappa shape index (κ1) is 12.4. The van der Waals surface area contributed by atoms with Gasteiger partial charge in [0.1, 0.15) is 0 Å². The van der Waals surface area contributed by atoms with Crippen molar-refractivity contribution in [1.29, 1.82) is 0 Å². The van der Waals surface area contributed by atoms with E-state index in [4.69, 9.17) is 0 Å². The maximum absolute atomic E-state index is 12.8. The summed E-state index contributed by atoms with van der Waals surface area (Å²) in [6.07, 6.45) is -4.53. The number of alkyl halides is 3. The first-order valence-electron chi connectivity index (χ1n) is 5.17. The molecule has 0 saturated heterocycles. The summed E-state index contributed by atoms with van der Waals surface area (Å²) in [5.41, 5.74) is -1.04. The van der Waals surface area contributed by atoms with Gasteiger partial charge in [-0.3, -0.25) is 4.79 Å². The Kier molecular flexibility index (Phi) is 3.19. The van der Waals surface area contributed by atoms with Crippen molar-refractivity contribution >= 4 is 5.78 Å². The summed E-state index contributed by atoms with van der Waals surface area (Å²) in [7, 11) is 0. The first-order valence-corrected chi connectivity index (χ1v) is 5.17. The van der Waals surface area contributed by atoms with E-state index in [1.165, 1.54) is 42.5 Å². The fourth-order valence-electron chi connectivity index (χ4n) is 1.62. The van der Waals surface area contributed by atoms with Crippen LogP contribution in [0.2, 0.25) is 0 Å². The zero-order valence-corrected chi connectivity index (χ0v) is 9.16. The van der Waals surface area contributed by atoms with Crippen molar-refractivity contribution in [2.75, 3.05) is 0 Å². The van der Waals surface area contributed by atoms with Gasteiger partial charge in [-0.05, 0) is 12.1 Å². The van der Waals surface area contributed by atoms with Crippen LogP contribution in [0.4, 0.5) is 13.2 Å². The highest BCUT2D eigenvalue weighted by Gasteiger charge is 2.34. The number of rotatable bonds is 2. The van der Waals surface area contributed by atoms with Crippen LogP contribution in [0.5, 0.6) is 0 Å². The summed E-state index contributed by atoms with van der Waals surface area (Å²) in [5.74, 6) is -0.642. The predicted molar refractivity (Wildman–Crippen MR) is 60.2 cm³/mol. The number of hydrogen-bond donors (Lipinski definition) is 0. The molecule has 0 heterocycles. The molecule has 4 heteroatoms.